The van der Waals surface area contributed by atoms with E-state index in [9.17, 15) is 0 Å². The Morgan fingerprint density at radius 1 is 1.60 bits per heavy atom. The average molecular weight is 160 g/mol. The molecular formula is C8H14ClN. The second kappa shape index (κ2) is 2.83. The first-order chi connectivity index (χ1) is 4.69. The van der Waals surface area contributed by atoms with Gasteiger partial charge in [0.2, 0.25) is 0 Å². The van der Waals surface area contributed by atoms with Crippen LogP contribution >= 0.6 is 11.6 Å². The quantitative estimate of drug-likeness (QED) is 0.571. The average Bonchev–Trinajstić information content (AvgIpc) is 2.64. The maximum absolute atomic E-state index is 5.50. The number of hydrogen-bond acceptors (Lipinski definition) is 1. The summed E-state index contributed by atoms with van der Waals surface area (Å²) in [6, 6.07) is 0. The highest BCUT2D eigenvalue weighted by Crippen LogP contribution is 2.40. The molecule has 0 aromatic rings. The van der Waals surface area contributed by atoms with Crippen molar-refractivity contribution in [1.82, 2.24) is 4.90 Å². The lowest BCUT2D eigenvalue weighted by Gasteiger charge is -2.21. The van der Waals surface area contributed by atoms with E-state index >= 15 is 0 Å². The molecule has 2 heteroatoms. The summed E-state index contributed by atoms with van der Waals surface area (Å²) in [6.45, 7) is 2.27. The topological polar surface area (TPSA) is 3.24 Å². The van der Waals surface area contributed by atoms with Crippen LogP contribution in [0.15, 0.2) is 12.3 Å². The molecule has 1 aliphatic rings. The predicted octanol–water partition coefficient (Wildman–Crippen LogP) is 2.22. The van der Waals surface area contributed by atoms with Crippen molar-refractivity contribution in [2.45, 2.75) is 25.3 Å². The Labute approximate surface area is 67.7 Å². The van der Waals surface area contributed by atoms with Gasteiger partial charge in [-0.1, -0.05) is 6.08 Å². The van der Waals surface area contributed by atoms with E-state index in [0.29, 0.717) is 11.4 Å². The van der Waals surface area contributed by atoms with Crippen molar-refractivity contribution in [2.24, 2.45) is 0 Å². The van der Waals surface area contributed by atoms with Crippen molar-refractivity contribution in [3.05, 3.63) is 12.3 Å². The maximum atomic E-state index is 5.50. The highest BCUT2D eigenvalue weighted by atomic mass is 35.5. The van der Waals surface area contributed by atoms with Crippen LogP contribution in [0.3, 0.4) is 0 Å². The third-order valence-electron chi connectivity index (χ3n) is 2.24. The molecule has 0 aromatic carbocycles. The summed E-state index contributed by atoms with van der Waals surface area (Å²) in [6.07, 6.45) is 6.68. The molecule has 0 unspecified atom stereocenters. The van der Waals surface area contributed by atoms with Gasteiger partial charge in [-0.05, 0) is 26.0 Å². The smallest absolute Gasteiger partial charge is 0.0421 e. The van der Waals surface area contributed by atoms with Crippen LogP contribution in [0.2, 0.25) is 0 Å². The number of nitrogens with zero attached hydrogens (tertiary/aromatic N) is 1. The third-order valence-corrected chi connectivity index (χ3v) is 2.42. The molecular weight excluding hydrogens is 146 g/mol. The molecule has 1 rings (SSSR count). The molecule has 0 radical (unpaired) electrons. The Kier molecular flexibility index (Phi) is 2.24. The standard InChI is InChI=1S/C8H14ClN/c1-8(4-5-8)10(2)7-3-6-9/h3,7H,4-6H2,1-2H3/b7-3-. The van der Waals surface area contributed by atoms with Gasteiger partial charge in [0.15, 0.2) is 0 Å². The van der Waals surface area contributed by atoms with Crippen molar-refractivity contribution in [1.29, 1.82) is 0 Å². The van der Waals surface area contributed by atoms with Crippen molar-refractivity contribution < 1.29 is 0 Å². The molecule has 0 atom stereocenters. The molecule has 0 aromatic heterocycles. The Morgan fingerprint density at radius 2 is 2.20 bits per heavy atom. The molecule has 1 fully saturated rings. The highest BCUT2D eigenvalue weighted by Gasteiger charge is 2.39. The van der Waals surface area contributed by atoms with Crippen LogP contribution in [0.4, 0.5) is 0 Å². The third kappa shape index (κ3) is 1.66. The van der Waals surface area contributed by atoms with Gasteiger partial charge in [-0.3, -0.25) is 0 Å². The molecule has 10 heavy (non-hydrogen) atoms. The van der Waals surface area contributed by atoms with E-state index < -0.39 is 0 Å². The van der Waals surface area contributed by atoms with Gasteiger partial charge in [0.25, 0.3) is 0 Å². The van der Waals surface area contributed by atoms with Gasteiger partial charge >= 0.3 is 0 Å². The van der Waals surface area contributed by atoms with Crippen LogP contribution in [0.1, 0.15) is 19.8 Å². The van der Waals surface area contributed by atoms with Crippen molar-refractivity contribution >= 4 is 11.6 Å². The first-order valence-electron chi connectivity index (χ1n) is 3.64. The second-order valence-electron chi connectivity index (χ2n) is 3.15. The molecule has 0 amide bonds. The zero-order chi connectivity index (χ0) is 7.61. The summed E-state index contributed by atoms with van der Waals surface area (Å²) in [7, 11) is 2.11. The highest BCUT2D eigenvalue weighted by molar-refractivity contribution is 6.18. The maximum Gasteiger partial charge on any atom is 0.0421 e. The fourth-order valence-corrected chi connectivity index (χ4v) is 0.991. The van der Waals surface area contributed by atoms with Gasteiger partial charge in [-0.25, -0.2) is 0 Å². The summed E-state index contributed by atoms with van der Waals surface area (Å²) < 4.78 is 0. The minimum absolute atomic E-state index is 0.447. The molecule has 0 heterocycles. The first-order valence-corrected chi connectivity index (χ1v) is 4.18. The summed E-state index contributed by atoms with van der Waals surface area (Å²) in [4.78, 5) is 2.25. The zero-order valence-electron chi connectivity index (χ0n) is 6.60. The summed E-state index contributed by atoms with van der Waals surface area (Å²) in [5.74, 6) is 0.612. The molecule has 0 bridgehead atoms. The van der Waals surface area contributed by atoms with E-state index in [2.05, 4.69) is 25.1 Å². The van der Waals surface area contributed by atoms with Gasteiger partial charge in [-0.15, -0.1) is 11.6 Å². The normalized spacial score (nSPS) is 21.5. The zero-order valence-corrected chi connectivity index (χ0v) is 7.36. The van der Waals surface area contributed by atoms with Crippen molar-refractivity contribution in [3.63, 3.8) is 0 Å². The fourth-order valence-electron chi connectivity index (χ4n) is 0.912. The predicted molar refractivity (Wildman–Crippen MR) is 45.3 cm³/mol. The lowest BCUT2D eigenvalue weighted by Crippen LogP contribution is -2.25. The van der Waals surface area contributed by atoms with E-state index in [1.165, 1.54) is 12.8 Å². The number of hydrogen-bond donors (Lipinski definition) is 0. The number of alkyl halides is 1. The van der Waals surface area contributed by atoms with E-state index in [1.54, 1.807) is 0 Å². The van der Waals surface area contributed by atoms with Crippen molar-refractivity contribution in [2.75, 3.05) is 12.9 Å². The summed E-state index contributed by atoms with van der Waals surface area (Å²) in [5, 5.41) is 0. The lowest BCUT2D eigenvalue weighted by atomic mass is 10.3. The minimum atomic E-state index is 0.447. The molecule has 1 nitrogen and oxygen atoms in total. The van der Waals surface area contributed by atoms with E-state index in [0.717, 1.165) is 0 Å². The van der Waals surface area contributed by atoms with Gasteiger partial charge in [-0.2, -0.15) is 0 Å². The van der Waals surface area contributed by atoms with Crippen LogP contribution in [0.25, 0.3) is 0 Å². The SMILES string of the molecule is CN(/C=C\CCl)C1(C)CC1. The fraction of sp³-hybridized carbons (Fsp3) is 0.750. The lowest BCUT2D eigenvalue weighted by molar-refractivity contribution is 0.331. The van der Waals surface area contributed by atoms with Crippen molar-refractivity contribution in [3.8, 4) is 0 Å². The summed E-state index contributed by atoms with van der Waals surface area (Å²) in [5.41, 5.74) is 0.447. The van der Waals surface area contributed by atoms with Gasteiger partial charge in [0, 0.05) is 18.5 Å². The largest absolute Gasteiger partial charge is 0.375 e. The Hall–Kier alpha value is -0.170. The molecule has 0 N–H and O–H groups in total. The van der Waals surface area contributed by atoms with Gasteiger partial charge < -0.3 is 4.90 Å². The summed E-state index contributed by atoms with van der Waals surface area (Å²) >= 11 is 5.50. The van der Waals surface area contributed by atoms with Crippen LogP contribution in [-0.2, 0) is 0 Å². The molecule has 0 spiro atoms. The van der Waals surface area contributed by atoms with Gasteiger partial charge in [0.1, 0.15) is 0 Å². The molecule has 1 aliphatic carbocycles. The van der Waals surface area contributed by atoms with Crippen LogP contribution in [0, 0.1) is 0 Å². The van der Waals surface area contributed by atoms with E-state index in [-0.39, 0.29) is 0 Å². The molecule has 0 aliphatic heterocycles. The second-order valence-corrected chi connectivity index (χ2v) is 3.46. The molecule has 58 valence electrons. The van der Waals surface area contributed by atoms with Crippen LogP contribution in [0.5, 0.6) is 0 Å². The van der Waals surface area contributed by atoms with E-state index in [4.69, 9.17) is 11.6 Å². The number of rotatable bonds is 3. The van der Waals surface area contributed by atoms with E-state index in [1.807, 2.05) is 6.08 Å². The van der Waals surface area contributed by atoms with Gasteiger partial charge in [0.05, 0.1) is 0 Å². The number of halogens is 1. The van der Waals surface area contributed by atoms with Crippen LogP contribution < -0.4 is 0 Å². The Balaban J connectivity index is 2.34. The number of allylic oxidation sites excluding steroid dienone is 1. The molecule has 0 saturated heterocycles. The first kappa shape index (κ1) is 7.93. The minimum Gasteiger partial charge on any atom is -0.375 e. The monoisotopic (exact) mass is 159 g/mol. The van der Waals surface area contributed by atoms with Crippen LogP contribution in [-0.4, -0.2) is 23.4 Å². The molecule has 1 saturated carbocycles. The Morgan fingerprint density at radius 3 is 2.60 bits per heavy atom. The Bertz CT molecular complexity index is 138.